The fourth-order valence-electron chi connectivity index (χ4n) is 2.25. The molecule has 5 nitrogen and oxygen atoms in total. The lowest BCUT2D eigenvalue weighted by Crippen LogP contribution is -2.09. The second-order valence-electron chi connectivity index (χ2n) is 4.96. The van der Waals surface area contributed by atoms with Crippen molar-refractivity contribution in [2.24, 2.45) is 0 Å². The van der Waals surface area contributed by atoms with E-state index in [0.29, 0.717) is 19.1 Å². The highest BCUT2D eigenvalue weighted by Crippen LogP contribution is 2.26. The molecule has 0 aliphatic heterocycles. The number of fused-ring (bicyclic) bond motifs is 1. The molecule has 0 aliphatic rings. The van der Waals surface area contributed by atoms with Crippen molar-refractivity contribution in [3.8, 4) is 16.9 Å². The number of hydrogen-bond acceptors (Lipinski definition) is 5. The molecule has 0 unspecified atom stereocenters. The maximum atomic E-state index is 9.59. The van der Waals surface area contributed by atoms with Gasteiger partial charge in [-0.3, -0.25) is 0 Å². The number of ether oxygens (including phenoxy) is 1. The van der Waals surface area contributed by atoms with Gasteiger partial charge in [0.05, 0.1) is 6.61 Å². The van der Waals surface area contributed by atoms with Gasteiger partial charge in [0, 0.05) is 31.6 Å². The van der Waals surface area contributed by atoms with E-state index in [2.05, 4.69) is 15.3 Å². The fourth-order valence-corrected chi connectivity index (χ4v) is 2.25. The molecule has 5 heteroatoms. The van der Waals surface area contributed by atoms with E-state index in [0.717, 1.165) is 21.9 Å². The number of aromatic hydroxyl groups is 1. The van der Waals surface area contributed by atoms with Gasteiger partial charge in [0.1, 0.15) is 5.75 Å². The van der Waals surface area contributed by atoms with Crippen LogP contribution in [-0.4, -0.2) is 35.3 Å². The molecule has 2 aromatic carbocycles. The zero-order chi connectivity index (χ0) is 15.4. The first-order valence-corrected chi connectivity index (χ1v) is 7.04. The minimum absolute atomic E-state index is 0.263. The van der Waals surface area contributed by atoms with Crippen LogP contribution in [0.3, 0.4) is 0 Å². The van der Waals surface area contributed by atoms with Crippen LogP contribution < -0.4 is 5.32 Å². The highest BCUT2D eigenvalue weighted by molar-refractivity contribution is 5.88. The molecule has 0 spiro atoms. The summed E-state index contributed by atoms with van der Waals surface area (Å²) in [6.45, 7) is 1.28. The lowest BCUT2D eigenvalue weighted by Gasteiger charge is -2.06. The Morgan fingerprint density at radius 3 is 2.55 bits per heavy atom. The second kappa shape index (κ2) is 6.41. The van der Waals surface area contributed by atoms with Crippen LogP contribution >= 0.6 is 0 Å². The van der Waals surface area contributed by atoms with Crippen molar-refractivity contribution in [1.29, 1.82) is 0 Å². The smallest absolute Gasteiger partial charge is 0.222 e. The zero-order valence-corrected chi connectivity index (χ0v) is 12.3. The molecule has 3 rings (SSSR count). The van der Waals surface area contributed by atoms with Crippen molar-refractivity contribution in [2.45, 2.75) is 0 Å². The number of phenolic OH excluding ortho intramolecular Hbond substituents is 1. The van der Waals surface area contributed by atoms with Gasteiger partial charge in [-0.1, -0.05) is 18.2 Å². The van der Waals surface area contributed by atoms with E-state index in [-0.39, 0.29) is 5.75 Å². The molecule has 0 saturated carbocycles. The number of benzene rings is 2. The monoisotopic (exact) mass is 295 g/mol. The Hall–Kier alpha value is -2.66. The number of phenols is 1. The van der Waals surface area contributed by atoms with E-state index in [1.165, 1.54) is 0 Å². The first-order chi connectivity index (χ1) is 10.8. The quantitative estimate of drug-likeness (QED) is 0.708. The lowest BCUT2D eigenvalue weighted by molar-refractivity contribution is 0.210. The number of hydrogen-bond donors (Lipinski definition) is 2. The maximum absolute atomic E-state index is 9.59. The summed E-state index contributed by atoms with van der Waals surface area (Å²) >= 11 is 0. The van der Waals surface area contributed by atoms with Gasteiger partial charge in [-0.05, 0) is 34.5 Å². The summed E-state index contributed by atoms with van der Waals surface area (Å²) < 4.78 is 4.97. The number of methoxy groups -OCH3 is 1. The Bertz CT molecular complexity index is 772. The predicted molar refractivity (Wildman–Crippen MR) is 87.0 cm³/mol. The van der Waals surface area contributed by atoms with E-state index in [9.17, 15) is 5.11 Å². The Kier molecular flexibility index (Phi) is 4.16. The fraction of sp³-hybridized carbons (Fsp3) is 0.176. The van der Waals surface area contributed by atoms with Gasteiger partial charge in [-0.25, -0.2) is 9.97 Å². The predicted octanol–water partition coefficient (Wildman–Crippen LogP) is 3.06. The summed E-state index contributed by atoms with van der Waals surface area (Å²) in [5, 5.41) is 14.7. The highest BCUT2D eigenvalue weighted by Gasteiger charge is 2.03. The van der Waals surface area contributed by atoms with E-state index < -0.39 is 0 Å². The zero-order valence-electron chi connectivity index (χ0n) is 12.3. The number of anilines is 1. The normalized spacial score (nSPS) is 10.8. The maximum Gasteiger partial charge on any atom is 0.222 e. The summed E-state index contributed by atoms with van der Waals surface area (Å²) in [5.41, 5.74) is 1.95. The van der Waals surface area contributed by atoms with Gasteiger partial charge in [0.2, 0.25) is 5.95 Å². The van der Waals surface area contributed by atoms with E-state index in [1.807, 2.05) is 24.3 Å². The van der Waals surface area contributed by atoms with Gasteiger partial charge in [0.15, 0.2) is 0 Å². The Morgan fingerprint density at radius 1 is 1.00 bits per heavy atom. The minimum Gasteiger partial charge on any atom is -0.508 e. The molecule has 0 bridgehead atoms. The van der Waals surface area contributed by atoms with E-state index >= 15 is 0 Å². The lowest BCUT2D eigenvalue weighted by atomic mass is 10.0. The molecule has 0 aliphatic carbocycles. The Morgan fingerprint density at radius 2 is 1.77 bits per heavy atom. The summed E-state index contributed by atoms with van der Waals surface area (Å²) in [6.07, 6.45) is 3.57. The van der Waals surface area contributed by atoms with Crippen LogP contribution in [0.4, 0.5) is 5.95 Å². The number of nitrogens with zero attached hydrogens (tertiary/aromatic N) is 2. The SMILES string of the molecule is COCCNc1ncc(-c2ccc3ccc(O)cc3c2)cn1. The van der Waals surface area contributed by atoms with Crippen molar-refractivity contribution in [3.05, 3.63) is 48.8 Å². The number of rotatable bonds is 5. The van der Waals surface area contributed by atoms with Crippen molar-refractivity contribution >= 4 is 16.7 Å². The molecule has 112 valence electrons. The molecular formula is C17H17N3O2. The van der Waals surface area contributed by atoms with E-state index in [4.69, 9.17) is 4.74 Å². The molecular weight excluding hydrogens is 278 g/mol. The summed E-state index contributed by atoms with van der Waals surface area (Å²) in [7, 11) is 1.66. The third-order valence-electron chi connectivity index (χ3n) is 3.40. The standard InChI is InChI=1S/C17H17N3O2/c1-22-7-6-18-17-19-10-15(11-20-17)13-3-2-12-4-5-16(21)9-14(12)8-13/h2-5,8-11,21H,6-7H2,1H3,(H,18,19,20). The summed E-state index contributed by atoms with van der Waals surface area (Å²) in [6, 6.07) is 11.4. The molecule has 2 N–H and O–H groups in total. The van der Waals surface area contributed by atoms with Gasteiger partial charge in [-0.15, -0.1) is 0 Å². The molecule has 3 aromatic rings. The number of aromatic nitrogens is 2. The third kappa shape index (κ3) is 3.15. The first-order valence-electron chi connectivity index (χ1n) is 7.04. The number of nitrogens with one attached hydrogen (secondary N) is 1. The molecule has 0 atom stereocenters. The first kappa shape index (κ1) is 14.3. The average molecular weight is 295 g/mol. The van der Waals surface area contributed by atoms with Crippen molar-refractivity contribution in [3.63, 3.8) is 0 Å². The molecule has 0 saturated heterocycles. The van der Waals surface area contributed by atoms with Gasteiger partial charge in [0.25, 0.3) is 0 Å². The van der Waals surface area contributed by atoms with Crippen LogP contribution in [-0.2, 0) is 4.74 Å². The van der Waals surface area contributed by atoms with Gasteiger partial charge in [-0.2, -0.15) is 0 Å². The molecule has 0 radical (unpaired) electrons. The van der Waals surface area contributed by atoms with Gasteiger partial charge >= 0.3 is 0 Å². The van der Waals surface area contributed by atoms with E-state index in [1.54, 1.807) is 31.6 Å². The second-order valence-corrected chi connectivity index (χ2v) is 4.96. The Labute approximate surface area is 128 Å². The minimum atomic E-state index is 0.263. The van der Waals surface area contributed by atoms with Gasteiger partial charge < -0.3 is 15.2 Å². The van der Waals surface area contributed by atoms with Crippen LogP contribution in [0.25, 0.3) is 21.9 Å². The molecule has 0 amide bonds. The van der Waals surface area contributed by atoms with Crippen LogP contribution in [0.2, 0.25) is 0 Å². The Balaban J connectivity index is 1.84. The molecule has 1 aromatic heterocycles. The molecule has 1 heterocycles. The van der Waals surface area contributed by atoms with Crippen molar-refractivity contribution < 1.29 is 9.84 Å². The molecule has 0 fully saturated rings. The summed E-state index contributed by atoms with van der Waals surface area (Å²) in [5.74, 6) is 0.845. The third-order valence-corrected chi connectivity index (χ3v) is 3.40. The van der Waals surface area contributed by atoms with Crippen LogP contribution in [0, 0.1) is 0 Å². The highest BCUT2D eigenvalue weighted by atomic mass is 16.5. The topological polar surface area (TPSA) is 67.3 Å². The summed E-state index contributed by atoms with van der Waals surface area (Å²) in [4.78, 5) is 8.59. The van der Waals surface area contributed by atoms with Crippen LogP contribution in [0.1, 0.15) is 0 Å². The van der Waals surface area contributed by atoms with Crippen LogP contribution in [0.15, 0.2) is 48.8 Å². The average Bonchev–Trinajstić information content (AvgIpc) is 2.55. The molecule has 22 heavy (non-hydrogen) atoms. The largest absolute Gasteiger partial charge is 0.508 e. The van der Waals surface area contributed by atoms with Crippen LogP contribution in [0.5, 0.6) is 5.75 Å². The van der Waals surface area contributed by atoms with Crippen molar-refractivity contribution in [1.82, 2.24) is 9.97 Å². The van der Waals surface area contributed by atoms with Crippen molar-refractivity contribution in [2.75, 3.05) is 25.6 Å².